The summed E-state index contributed by atoms with van der Waals surface area (Å²) in [5.74, 6) is -3.05. The number of thiazole rings is 1. The average molecular weight is 343 g/mol. The second kappa shape index (κ2) is 5.58. The van der Waals surface area contributed by atoms with Crippen LogP contribution >= 0.6 is 22.9 Å². The predicted octanol–water partition coefficient (Wildman–Crippen LogP) is 4.62. The number of carbonyl (C=O) groups excluding carboxylic acids is 1. The first kappa shape index (κ1) is 14.8. The maximum Gasteiger partial charge on any atom is 0.257 e. The number of carbonyl (C=O) groups is 1. The Morgan fingerprint density at radius 2 is 1.82 bits per heavy atom. The smallest absolute Gasteiger partial charge is 0.257 e. The number of fused-ring (bicyclic) bond motifs is 1. The number of benzene rings is 2. The zero-order valence-electron chi connectivity index (χ0n) is 10.7. The number of anilines is 1. The van der Waals surface area contributed by atoms with Crippen LogP contribution in [0.3, 0.4) is 0 Å². The van der Waals surface area contributed by atoms with Crippen molar-refractivity contribution in [1.29, 1.82) is 0 Å². The van der Waals surface area contributed by atoms with Crippen molar-refractivity contribution in [2.45, 2.75) is 0 Å². The molecule has 0 aliphatic heterocycles. The summed E-state index contributed by atoms with van der Waals surface area (Å²) in [6.45, 7) is 0. The summed E-state index contributed by atoms with van der Waals surface area (Å²) in [7, 11) is 0. The molecule has 0 spiro atoms. The third kappa shape index (κ3) is 2.77. The lowest BCUT2D eigenvalue weighted by Gasteiger charge is -2.02. The van der Waals surface area contributed by atoms with Crippen LogP contribution in [0.15, 0.2) is 30.3 Å². The molecule has 3 aromatic rings. The monoisotopic (exact) mass is 342 g/mol. The molecule has 0 radical (unpaired) electrons. The molecule has 1 heterocycles. The Hall–Kier alpha value is -2.12. The number of halogens is 4. The lowest BCUT2D eigenvalue weighted by atomic mass is 10.2. The maximum atomic E-state index is 13.4. The highest BCUT2D eigenvalue weighted by Gasteiger charge is 2.14. The number of hydrogen-bond acceptors (Lipinski definition) is 3. The topological polar surface area (TPSA) is 42.0 Å². The van der Waals surface area contributed by atoms with Gasteiger partial charge in [0.2, 0.25) is 0 Å². The van der Waals surface area contributed by atoms with Gasteiger partial charge < -0.3 is 0 Å². The van der Waals surface area contributed by atoms with Crippen molar-refractivity contribution < 1.29 is 18.0 Å². The van der Waals surface area contributed by atoms with E-state index in [-0.39, 0.29) is 15.7 Å². The average Bonchev–Trinajstić information content (AvgIpc) is 2.85. The van der Waals surface area contributed by atoms with Crippen LogP contribution in [0.5, 0.6) is 0 Å². The summed E-state index contributed by atoms with van der Waals surface area (Å²) < 4.78 is 39.9. The molecule has 0 bridgehead atoms. The van der Waals surface area contributed by atoms with Crippen LogP contribution in [-0.4, -0.2) is 10.9 Å². The van der Waals surface area contributed by atoms with E-state index in [1.165, 1.54) is 6.07 Å². The molecule has 1 aromatic heterocycles. The molecule has 1 N–H and O–H groups in total. The predicted molar refractivity (Wildman–Crippen MR) is 78.9 cm³/mol. The molecule has 2 aromatic carbocycles. The Kier molecular flexibility index (Phi) is 3.76. The van der Waals surface area contributed by atoms with Gasteiger partial charge in [0.25, 0.3) is 5.91 Å². The van der Waals surface area contributed by atoms with E-state index in [2.05, 4.69) is 10.3 Å². The molecule has 3 nitrogen and oxygen atoms in total. The molecule has 0 aliphatic rings. The van der Waals surface area contributed by atoms with Gasteiger partial charge in [-0.1, -0.05) is 22.9 Å². The highest BCUT2D eigenvalue weighted by Crippen LogP contribution is 2.33. The molecule has 0 atom stereocenters. The molecule has 0 saturated carbocycles. The van der Waals surface area contributed by atoms with Crippen LogP contribution in [0.25, 0.3) is 10.2 Å². The van der Waals surface area contributed by atoms with E-state index in [0.29, 0.717) is 16.3 Å². The van der Waals surface area contributed by atoms with E-state index in [0.717, 1.165) is 29.5 Å². The van der Waals surface area contributed by atoms with Crippen LogP contribution in [0, 0.1) is 17.5 Å². The number of amides is 1. The molecule has 8 heteroatoms. The molecular formula is C14H6ClF3N2OS. The molecule has 0 fully saturated rings. The van der Waals surface area contributed by atoms with E-state index in [1.54, 1.807) is 0 Å². The summed E-state index contributed by atoms with van der Waals surface area (Å²) in [4.78, 5) is 16.0. The highest BCUT2D eigenvalue weighted by atomic mass is 35.5. The van der Waals surface area contributed by atoms with E-state index in [4.69, 9.17) is 11.6 Å². The minimum Gasteiger partial charge on any atom is -0.298 e. The fourth-order valence-electron chi connectivity index (χ4n) is 1.84. The first-order chi connectivity index (χ1) is 10.4. The molecule has 3 rings (SSSR count). The van der Waals surface area contributed by atoms with Crippen molar-refractivity contribution in [3.63, 3.8) is 0 Å². The quantitative estimate of drug-likeness (QED) is 0.738. The van der Waals surface area contributed by atoms with Crippen molar-refractivity contribution in [3.8, 4) is 0 Å². The van der Waals surface area contributed by atoms with Crippen molar-refractivity contribution in [2.75, 3.05) is 5.32 Å². The van der Waals surface area contributed by atoms with Gasteiger partial charge in [0.1, 0.15) is 17.5 Å². The van der Waals surface area contributed by atoms with E-state index >= 15 is 0 Å². The Morgan fingerprint density at radius 3 is 2.50 bits per heavy atom. The van der Waals surface area contributed by atoms with Gasteiger partial charge in [-0.3, -0.25) is 10.1 Å². The standard InChI is InChI=1S/C14H6ClF3N2OS/c15-11-9(18)1-2-10-12(11)22-14(19-10)20-13(21)6-3-7(16)5-8(17)4-6/h1-5H,(H,19,20,21). The summed E-state index contributed by atoms with van der Waals surface area (Å²) in [5.41, 5.74) is 0.228. The van der Waals surface area contributed by atoms with Gasteiger partial charge in [-0.05, 0) is 24.3 Å². The number of nitrogens with one attached hydrogen (secondary N) is 1. The summed E-state index contributed by atoms with van der Waals surface area (Å²) in [5, 5.41) is 2.46. The zero-order chi connectivity index (χ0) is 15.9. The molecule has 112 valence electrons. The lowest BCUT2D eigenvalue weighted by molar-refractivity contribution is 0.102. The Bertz CT molecular complexity index is 877. The molecule has 22 heavy (non-hydrogen) atoms. The maximum absolute atomic E-state index is 13.4. The van der Waals surface area contributed by atoms with Gasteiger partial charge in [0.15, 0.2) is 5.13 Å². The van der Waals surface area contributed by atoms with Crippen LogP contribution < -0.4 is 5.32 Å². The molecule has 0 unspecified atom stereocenters. The van der Waals surface area contributed by atoms with Crippen molar-refractivity contribution in [3.05, 3.63) is 58.4 Å². The van der Waals surface area contributed by atoms with Gasteiger partial charge >= 0.3 is 0 Å². The van der Waals surface area contributed by atoms with Gasteiger partial charge in [0, 0.05) is 11.6 Å². The largest absolute Gasteiger partial charge is 0.298 e. The normalized spacial score (nSPS) is 10.9. The van der Waals surface area contributed by atoms with Gasteiger partial charge in [-0.25, -0.2) is 18.2 Å². The van der Waals surface area contributed by atoms with E-state index < -0.39 is 23.4 Å². The van der Waals surface area contributed by atoms with Crippen LogP contribution in [0.2, 0.25) is 5.02 Å². The first-order valence-corrected chi connectivity index (χ1v) is 7.15. The number of rotatable bonds is 2. The number of hydrogen-bond donors (Lipinski definition) is 1. The fourth-order valence-corrected chi connectivity index (χ4v) is 3.01. The van der Waals surface area contributed by atoms with E-state index in [1.807, 2.05) is 0 Å². The van der Waals surface area contributed by atoms with Crippen molar-refractivity contribution in [2.24, 2.45) is 0 Å². The van der Waals surface area contributed by atoms with Crippen molar-refractivity contribution >= 4 is 44.2 Å². The van der Waals surface area contributed by atoms with Crippen LogP contribution in [0.4, 0.5) is 18.3 Å². The fraction of sp³-hybridized carbons (Fsp3) is 0. The second-order valence-electron chi connectivity index (χ2n) is 4.34. The lowest BCUT2D eigenvalue weighted by Crippen LogP contribution is -2.12. The number of aromatic nitrogens is 1. The first-order valence-electron chi connectivity index (χ1n) is 5.96. The summed E-state index contributed by atoms with van der Waals surface area (Å²) in [6.07, 6.45) is 0. The third-order valence-electron chi connectivity index (χ3n) is 2.80. The SMILES string of the molecule is O=C(Nc1nc2ccc(F)c(Cl)c2s1)c1cc(F)cc(F)c1. The minimum absolute atomic E-state index is 0.0905. The molecule has 0 aliphatic carbocycles. The van der Waals surface area contributed by atoms with Crippen molar-refractivity contribution in [1.82, 2.24) is 4.98 Å². The Labute approximate surface area is 131 Å². The summed E-state index contributed by atoms with van der Waals surface area (Å²) in [6, 6.07) is 5.05. The molecule has 1 amide bonds. The van der Waals surface area contributed by atoms with Gasteiger partial charge in [-0.2, -0.15) is 0 Å². The van der Waals surface area contributed by atoms with Crippen LogP contribution in [-0.2, 0) is 0 Å². The second-order valence-corrected chi connectivity index (χ2v) is 5.72. The molecular weight excluding hydrogens is 337 g/mol. The van der Waals surface area contributed by atoms with Gasteiger partial charge in [0.05, 0.1) is 15.2 Å². The third-order valence-corrected chi connectivity index (χ3v) is 4.28. The zero-order valence-corrected chi connectivity index (χ0v) is 12.2. The van der Waals surface area contributed by atoms with Gasteiger partial charge in [-0.15, -0.1) is 0 Å². The minimum atomic E-state index is -0.862. The number of nitrogens with zero attached hydrogens (tertiary/aromatic N) is 1. The highest BCUT2D eigenvalue weighted by molar-refractivity contribution is 7.23. The molecule has 0 saturated heterocycles. The Balaban J connectivity index is 1.92. The Morgan fingerprint density at radius 1 is 1.14 bits per heavy atom. The summed E-state index contributed by atoms with van der Waals surface area (Å²) >= 11 is 6.78. The van der Waals surface area contributed by atoms with Crippen LogP contribution in [0.1, 0.15) is 10.4 Å². The van der Waals surface area contributed by atoms with E-state index in [9.17, 15) is 18.0 Å².